The molecule has 17 heavy (non-hydrogen) atoms. The Bertz CT molecular complexity index is 250. The largest absolute Gasteiger partial charge is 0.315 e. The van der Waals surface area contributed by atoms with Crippen molar-refractivity contribution < 1.29 is 0 Å². The summed E-state index contributed by atoms with van der Waals surface area (Å²) in [5, 5.41) is 3.69. The van der Waals surface area contributed by atoms with Crippen LogP contribution in [0.3, 0.4) is 0 Å². The highest BCUT2D eigenvalue weighted by Gasteiger charge is 2.38. The number of hydrogen-bond donors (Lipinski definition) is 1. The zero-order chi connectivity index (χ0) is 11.7. The lowest BCUT2D eigenvalue weighted by atomic mass is 9.83. The van der Waals surface area contributed by atoms with Crippen LogP contribution in [0.5, 0.6) is 0 Å². The molecule has 2 unspecified atom stereocenters. The summed E-state index contributed by atoms with van der Waals surface area (Å²) in [4.78, 5) is 5.30. The minimum absolute atomic E-state index is 0.826. The van der Waals surface area contributed by atoms with E-state index in [0.29, 0.717) is 0 Å². The Morgan fingerprint density at radius 1 is 1.06 bits per heavy atom. The van der Waals surface area contributed by atoms with Crippen molar-refractivity contribution in [1.82, 2.24) is 15.1 Å². The summed E-state index contributed by atoms with van der Waals surface area (Å²) < 4.78 is 0. The molecular formula is C14H27N3. The SMILES string of the molecule is CN1CCN2CCNCC(C3CCCC3)C2C1. The van der Waals surface area contributed by atoms with Crippen molar-refractivity contribution in [1.29, 1.82) is 0 Å². The molecular weight excluding hydrogens is 210 g/mol. The van der Waals surface area contributed by atoms with E-state index in [2.05, 4.69) is 22.2 Å². The second-order valence-electron chi connectivity index (χ2n) is 6.28. The minimum atomic E-state index is 0.826. The number of fused-ring (bicyclic) bond motifs is 1. The van der Waals surface area contributed by atoms with Gasteiger partial charge in [0.1, 0.15) is 0 Å². The number of nitrogens with one attached hydrogen (secondary N) is 1. The van der Waals surface area contributed by atoms with Gasteiger partial charge in [0, 0.05) is 38.8 Å². The second kappa shape index (κ2) is 5.25. The molecule has 2 aliphatic heterocycles. The quantitative estimate of drug-likeness (QED) is 0.734. The number of rotatable bonds is 1. The van der Waals surface area contributed by atoms with E-state index in [1.54, 1.807) is 0 Å². The first kappa shape index (κ1) is 11.9. The first-order valence-electron chi connectivity index (χ1n) is 7.48. The van der Waals surface area contributed by atoms with Crippen molar-refractivity contribution in [3.8, 4) is 0 Å². The van der Waals surface area contributed by atoms with E-state index in [0.717, 1.165) is 17.9 Å². The van der Waals surface area contributed by atoms with Gasteiger partial charge in [-0.25, -0.2) is 0 Å². The highest BCUT2D eigenvalue weighted by Crippen LogP contribution is 2.35. The molecule has 0 aromatic heterocycles. The summed E-state index contributed by atoms with van der Waals surface area (Å²) in [6, 6.07) is 0.826. The summed E-state index contributed by atoms with van der Waals surface area (Å²) >= 11 is 0. The molecule has 0 amide bonds. The lowest BCUT2D eigenvalue weighted by molar-refractivity contribution is 0.0492. The number of likely N-dealkylation sites (N-methyl/N-ethyl adjacent to an activating group) is 1. The van der Waals surface area contributed by atoms with Crippen LogP contribution >= 0.6 is 0 Å². The molecule has 0 radical (unpaired) electrons. The predicted molar refractivity (Wildman–Crippen MR) is 71.2 cm³/mol. The molecule has 3 fully saturated rings. The maximum atomic E-state index is 3.69. The molecule has 1 saturated carbocycles. The normalized spacial score (nSPS) is 37.9. The maximum absolute atomic E-state index is 3.69. The summed E-state index contributed by atoms with van der Waals surface area (Å²) in [7, 11) is 2.29. The van der Waals surface area contributed by atoms with Gasteiger partial charge < -0.3 is 10.2 Å². The van der Waals surface area contributed by atoms with Crippen molar-refractivity contribution in [2.45, 2.75) is 31.7 Å². The van der Waals surface area contributed by atoms with Crippen LogP contribution in [-0.2, 0) is 0 Å². The second-order valence-corrected chi connectivity index (χ2v) is 6.28. The Labute approximate surface area is 106 Å². The van der Waals surface area contributed by atoms with Gasteiger partial charge in [0.15, 0.2) is 0 Å². The molecule has 1 N–H and O–H groups in total. The number of nitrogens with zero attached hydrogens (tertiary/aromatic N) is 2. The van der Waals surface area contributed by atoms with Crippen LogP contribution < -0.4 is 5.32 Å². The first-order chi connectivity index (χ1) is 8.34. The molecule has 3 aliphatic rings. The van der Waals surface area contributed by atoms with Crippen LogP contribution in [0, 0.1) is 11.8 Å². The van der Waals surface area contributed by atoms with Crippen LogP contribution in [0.25, 0.3) is 0 Å². The van der Waals surface area contributed by atoms with Gasteiger partial charge in [0.05, 0.1) is 0 Å². The highest BCUT2D eigenvalue weighted by molar-refractivity contribution is 4.93. The summed E-state index contributed by atoms with van der Waals surface area (Å²) in [5.41, 5.74) is 0. The molecule has 2 atom stereocenters. The molecule has 3 heteroatoms. The molecule has 2 saturated heterocycles. The van der Waals surface area contributed by atoms with Crippen molar-refractivity contribution in [3.05, 3.63) is 0 Å². The van der Waals surface area contributed by atoms with Gasteiger partial charge in [-0.15, -0.1) is 0 Å². The van der Waals surface area contributed by atoms with E-state index in [4.69, 9.17) is 0 Å². The predicted octanol–water partition coefficient (Wildman–Crippen LogP) is 1.01. The third kappa shape index (κ3) is 2.51. The van der Waals surface area contributed by atoms with Gasteiger partial charge in [0.2, 0.25) is 0 Å². The summed E-state index contributed by atoms with van der Waals surface area (Å²) in [6.07, 6.45) is 5.92. The van der Waals surface area contributed by atoms with E-state index in [-0.39, 0.29) is 0 Å². The Kier molecular flexibility index (Phi) is 3.69. The molecule has 0 bridgehead atoms. The van der Waals surface area contributed by atoms with Crippen molar-refractivity contribution in [3.63, 3.8) is 0 Å². The zero-order valence-electron chi connectivity index (χ0n) is 11.2. The third-order valence-corrected chi connectivity index (χ3v) is 5.19. The van der Waals surface area contributed by atoms with Gasteiger partial charge in [-0.05, 0) is 25.4 Å². The zero-order valence-corrected chi connectivity index (χ0v) is 11.2. The average Bonchev–Trinajstić information content (AvgIpc) is 2.77. The summed E-state index contributed by atoms with van der Waals surface area (Å²) in [5.74, 6) is 1.90. The van der Waals surface area contributed by atoms with E-state index in [1.807, 2.05) is 0 Å². The molecule has 3 rings (SSSR count). The lowest BCUT2D eigenvalue weighted by Gasteiger charge is -2.44. The standard InChI is InChI=1S/C14H27N3/c1-16-8-9-17-7-6-15-10-13(14(17)11-16)12-4-2-3-5-12/h12-15H,2-11H2,1H3. The molecule has 0 aromatic rings. The fourth-order valence-corrected chi connectivity index (χ4v) is 4.17. The lowest BCUT2D eigenvalue weighted by Crippen LogP contribution is -2.56. The van der Waals surface area contributed by atoms with Gasteiger partial charge in [-0.2, -0.15) is 0 Å². The fourth-order valence-electron chi connectivity index (χ4n) is 4.17. The molecule has 1 aliphatic carbocycles. The summed E-state index contributed by atoms with van der Waals surface area (Å²) in [6.45, 7) is 7.56. The van der Waals surface area contributed by atoms with Crippen LogP contribution in [-0.4, -0.2) is 62.2 Å². The minimum Gasteiger partial charge on any atom is -0.315 e. The van der Waals surface area contributed by atoms with E-state index >= 15 is 0 Å². The highest BCUT2D eigenvalue weighted by atomic mass is 15.3. The van der Waals surface area contributed by atoms with Crippen LogP contribution in [0.2, 0.25) is 0 Å². The molecule has 98 valence electrons. The van der Waals surface area contributed by atoms with E-state index < -0.39 is 0 Å². The van der Waals surface area contributed by atoms with E-state index in [9.17, 15) is 0 Å². The molecule has 3 nitrogen and oxygen atoms in total. The van der Waals surface area contributed by atoms with Gasteiger partial charge in [-0.1, -0.05) is 25.7 Å². The third-order valence-electron chi connectivity index (χ3n) is 5.19. The Hall–Kier alpha value is -0.120. The average molecular weight is 237 g/mol. The first-order valence-corrected chi connectivity index (χ1v) is 7.48. The van der Waals surface area contributed by atoms with Crippen LogP contribution in [0.4, 0.5) is 0 Å². The number of hydrogen-bond acceptors (Lipinski definition) is 3. The Morgan fingerprint density at radius 3 is 2.71 bits per heavy atom. The van der Waals surface area contributed by atoms with Crippen molar-refractivity contribution in [2.24, 2.45) is 11.8 Å². The number of piperazine rings is 1. The Morgan fingerprint density at radius 2 is 1.88 bits per heavy atom. The van der Waals surface area contributed by atoms with Gasteiger partial charge >= 0.3 is 0 Å². The van der Waals surface area contributed by atoms with Crippen LogP contribution in [0.1, 0.15) is 25.7 Å². The molecule has 2 heterocycles. The van der Waals surface area contributed by atoms with E-state index in [1.165, 1.54) is 65.0 Å². The molecule has 0 spiro atoms. The van der Waals surface area contributed by atoms with Crippen molar-refractivity contribution in [2.75, 3.05) is 46.3 Å². The molecule has 0 aromatic carbocycles. The smallest absolute Gasteiger partial charge is 0.0267 e. The van der Waals surface area contributed by atoms with Crippen LogP contribution in [0.15, 0.2) is 0 Å². The fraction of sp³-hybridized carbons (Fsp3) is 1.00. The van der Waals surface area contributed by atoms with Gasteiger partial charge in [-0.3, -0.25) is 4.90 Å². The van der Waals surface area contributed by atoms with Gasteiger partial charge in [0.25, 0.3) is 0 Å². The monoisotopic (exact) mass is 237 g/mol. The maximum Gasteiger partial charge on any atom is 0.0267 e. The topological polar surface area (TPSA) is 18.5 Å². The van der Waals surface area contributed by atoms with Crippen molar-refractivity contribution >= 4 is 0 Å². The Balaban J connectivity index is 1.74.